The first-order chi connectivity index (χ1) is 22.8. The van der Waals surface area contributed by atoms with Crippen LogP contribution >= 0.6 is 45.1 Å². The quantitative estimate of drug-likeness (QED) is 0.0383. The van der Waals surface area contributed by atoms with Crippen LogP contribution in [0.4, 0.5) is 5.95 Å². The van der Waals surface area contributed by atoms with Crippen LogP contribution in [-0.4, -0.2) is 107 Å². The Morgan fingerprint density at radius 3 is 2.57 bits per heavy atom. The predicted octanol–water partition coefficient (Wildman–Crippen LogP) is 1.39. The number of nitrogens with two attached hydrogens (primary N) is 1. The van der Waals surface area contributed by atoms with Gasteiger partial charge in [0.1, 0.15) is 18.3 Å². The lowest BCUT2D eigenvalue weighted by atomic mass is 10.2. The summed E-state index contributed by atoms with van der Waals surface area (Å²) in [6.07, 6.45) is -1.37. The molecule has 1 amide bonds. The summed E-state index contributed by atoms with van der Waals surface area (Å²) < 4.78 is 70.7. The van der Waals surface area contributed by atoms with Crippen molar-refractivity contribution in [2.75, 3.05) is 51.3 Å². The average molecular weight is 801 g/mol. The van der Waals surface area contributed by atoms with Gasteiger partial charge in [0.25, 0.3) is 5.56 Å². The van der Waals surface area contributed by atoms with Gasteiger partial charge in [0.05, 0.1) is 38.9 Å². The SMILES string of the molecule is CCOCCOCCC(=O)NCC(C)(C)SSCOC1C[C@H](n2cnc3c(=O)[nH]c(N)nc32)O[C@@H]1COP(=O)(O)OP(=O)(O)OP(=O)(O)O. The van der Waals surface area contributed by atoms with E-state index < -0.39 is 58.8 Å². The number of amides is 1. The number of fused-ring (bicyclic) bond motifs is 1. The molecule has 1 aliphatic heterocycles. The number of hydrogen-bond donors (Lipinski definition) is 7. The molecule has 1 fully saturated rings. The molecule has 280 valence electrons. The summed E-state index contributed by atoms with van der Waals surface area (Å²) >= 11 is 0. The van der Waals surface area contributed by atoms with Crippen molar-refractivity contribution in [3.63, 3.8) is 0 Å². The van der Waals surface area contributed by atoms with E-state index in [2.05, 4.69) is 28.9 Å². The van der Waals surface area contributed by atoms with E-state index in [4.69, 9.17) is 39.0 Å². The summed E-state index contributed by atoms with van der Waals surface area (Å²) in [6, 6.07) is 0. The van der Waals surface area contributed by atoms with Gasteiger partial charge in [-0.2, -0.15) is 13.6 Å². The van der Waals surface area contributed by atoms with E-state index >= 15 is 0 Å². The van der Waals surface area contributed by atoms with E-state index in [-0.39, 0.29) is 48.4 Å². The number of carbonyl (C=O) groups excluding carboxylic acids is 1. The standard InChI is InChI=1S/C22H39N6O16P3S2/c1-4-38-7-8-39-6-5-16(29)24-11-22(2,3)49-48-13-40-14-9-17(28-12-25-18-19(28)26-21(23)27-20(18)30)42-15(14)10-41-46(34,35)44-47(36,37)43-45(31,32)33/h12,14-15,17H,4-11,13H2,1-3H3,(H,24,29)(H,34,35)(H,36,37)(H2,31,32,33)(H3,23,26,27,30)/t14?,15-,17-/m1/s1. The van der Waals surface area contributed by atoms with Gasteiger partial charge in [-0.25, -0.2) is 18.7 Å². The fourth-order valence-corrected chi connectivity index (χ4v) is 9.28. The number of aromatic amines is 1. The van der Waals surface area contributed by atoms with Crippen molar-refractivity contribution < 1.29 is 70.2 Å². The summed E-state index contributed by atoms with van der Waals surface area (Å²) in [5.74, 6) is -0.311. The minimum Gasteiger partial charge on any atom is -0.379 e. The number of anilines is 1. The average Bonchev–Trinajstić information content (AvgIpc) is 3.57. The number of phosphoric acid groups is 3. The number of imidazole rings is 1. The van der Waals surface area contributed by atoms with Crippen molar-refractivity contribution in [1.29, 1.82) is 0 Å². The highest BCUT2D eigenvalue weighted by atomic mass is 33.1. The lowest BCUT2D eigenvalue weighted by Gasteiger charge is -2.24. The number of rotatable bonds is 22. The molecule has 2 aromatic heterocycles. The first kappa shape index (κ1) is 42.0. The van der Waals surface area contributed by atoms with Crippen molar-refractivity contribution in [3.05, 3.63) is 16.7 Å². The number of nitrogen functional groups attached to an aromatic ring is 1. The Bertz CT molecular complexity index is 1610. The molecule has 3 heterocycles. The van der Waals surface area contributed by atoms with E-state index in [1.54, 1.807) is 0 Å². The van der Waals surface area contributed by atoms with Crippen LogP contribution in [0.5, 0.6) is 0 Å². The number of nitrogens with one attached hydrogen (secondary N) is 2. The van der Waals surface area contributed by atoms with Crippen molar-refractivity contribution in [2.45, 2.75) is 56.8 Å². The highest BCUT2D eigenvalue weighted by Gasteiger charge is 2.44. The van der Waals surface area contributed by atoms with E-state index in [9.17, 15) is 33.1 Å². The third-order valence-electron chi connectivity index (χ3n) is 6.13. The maximum Gasteiger partial charge on any atom is 0.490 e. The summed E-state index contributed by atoms with van der Waals surface area (Å²) in [4.78, 5) is 71.8. The topological polar surface area (TPSA) is 315 Å². The Labute approximate surface area is 287 Å². The molecular formula is C22H39N6O16P3S2. The number of phosphoric ester groups is 1. The van der Waals surface area contributed by atoms with Gasteiger partial charge in [0, 0.05) is 30.7 Å². The molecule has 0 aliphatic carbocycles. The fraction of sp³-hybridized carbons (Fsp3) is 0.727. The number of hydrogen-bond acceptors (Lipinski definition) is 17. The van der Waals surface area contributed by atoms with Crippen LogP contribution in [0.25, 0.3) is 11.2 Å². The van der Waals surface area contributed by atoms with Crippen LogP contribution in [0.15, 0.2) is 11.1 Å². The van der Waals surface area contributed by atoms with E-state index in [1.165, 1.54) is 32.5 Å². The fourth-order valence-electron chi connectivity index (χ4n) is 4.08. The predicted molar refractivity (Wildman–Crippen MR) is 175 cm³/mol. The van der Waals surface area contributed by atoms with Crippen molar-refractivity contribution in [2.24, 2.45) is 0 Å². The maximum absolute atomic E-state index is 12.4. The van der Waals surface area contributed by atoms with Crippen molar-refractivity contribution >= 4 is 68.1 Å². The van der Waals surface area contributed by atoms with E-state index in [0.29, 0.717) is 26.4 Å². The van der Waals surface area contributed by atoms with Crippen LogP contribution < -0.4 is 16.6 Å². The molecule has 0 bridgehead atoms. The Morgan fingerprint density at radius 2 is 1.88 bits per heavy atom. The van der Waals surface area contributed by atoms with E-state index in [0.717, 1.165) is 0 Å². The Morgan fingerprint density at radius 1 is 1.16 bits per heavy atom. The molecule has 1 aliphatic rings. The summed E-state index contributed by atoms with van der Waals surface area (Å²) in [7, 11) is -14.1. The normalized spacial score (nSPS) is 21.1. The third-order valence-corrected chi connectivity index (χ3v) is 12.9. The Hall–Kier alpha value is -1.43. The second-order valence-corrected chi connectivity index (χ2v) is 18.0. The molecule has 27 heteroatoms. The number of H-pyrrole nitrogens is 1. The molecule has 5 atom stereocenters. The highest BCUT2D eigenvalue weighted by Crippen LogP contribution is 2.66. The molecule has 0 radical (unpaired) electrons. The molecule has 3 rings (SSSR count). The largest absolute Gasteiger partial charge is 0.490 e. The van der Waals surface area contributed by atoms with Gasteiger partial charge in [-0.15, -0.1) is 0 Å². The van der Waals surface area contributed by atoms with Gasteiger partial charge in [0.15, 0.2) is 11.2 Å². The molecule has 3 unspecified atom stereocenters. The Kier molecular flexibility index (Phi) is 15.7. The molecule has 49 heavy (non-hydrogen) atoms. The highest BCUT2D eigenvalue weighted by molar-refractivity contribution is 8.77. The second-order valence-electron chi connectivity index (χ2n) is 10.6. The zero-order valence-electron chi connectivity index (χ0n) is 26.4. The zero-order chi connectivity index (χ0) is 36.5. The summed E-state index contributed by atoms with van der Waals surface area (Å²) in [5, 5.41) is 2.86. The molecule has 1 saturated heterocycles. The molecular weight excluding hydrogens is 761 g/mol. The van der Waals surface area contributed by atoms with Gasteiger partial charge in [-0.05, 0) is 20.8 Å². The molecule has 0 spiro atoms. The zero-order valence-corrected chi connectivity index (χ0v) is 30.8. The first-order valence-electron chi connectivity index (χ1n) is 14.3. The molecule has 0 saturated carbocycles. The molecule has 0 aromatic carbocycles. The minimum absolute atomic E-state index is 0.0395. The number of nitrogens with zero attached hydrogens (tertiary/aromatic N) is 3. The van der Waals surface area contributed by atoms with Gasteiger partial charge < -0.3 is 49.6 Å². The van der Waals surface area contributed by atoms with E-state index in [1.807, 2.05) is 20.8 Å². The van der Waals surface area contributed by atoms with Crippen molar-refractivity contribution in [1.82, 2.24) is 24.8 Å². The minimum atomic E-state index is -5.74. The third kappa shape index (κ3) is 14.6. The monoisotopic (exact) mass is 800 g/mol. The smallest absolute Gasteiger partial charge is 0.379 e. The molecule has 2 aromatic rings. The molecule has 22 nitrogen and oxygen atoms in total. The van der Waals surface area contributed by atoms with Crippen LogP contribution in [-0.2, 0) is 50.6 Å². The molecule has 8 N–H and O–H groups in total. The maximum atomic E-state index is 12.4. The van der Waals surface area contributed by atoms with Crippen LogP contribution in [0, 0.1) is 0 Å². The van der Waals surface area contributed by atoms with Gasteiger partial charge in [0.2, 0.25) is 11.9 Å². The second kappa shape index (κ2) is 18.4. The van der Waals surface area contributed by atoms with Gasteiger partial charge >= 0.3 is 23.5 Å². The lowest BCUT2D eigenvalue weighted by Crippen LogP contribution is -2.36. The number of aromatic nitrogens is 4. The van der Waals surface area contributed by atoms with Gasteiger partial charge in [-0.3, -0.25) is 23.7 Å². The van der Waals surface area contributed by atoms with Gasteiger partial charge in [-0.1, -0.05) is 21.6 Å². The van der Waals surface area contributed by atoms with Crippen LogP contribution in [0.1, 0.15) is 39.8 Å². The first-order valence-corrected chi connectivity index (χ1v) is 21.1. The number of carbonyl (C=O) groups is 1. The van der Waals surface area contributed by atoms with Crippen LogP contribution in [0.2, 0.25) is 0 Å². The summed E-state index contributed by atoms with van der Waals surface area (Å²) in [6.45, 7) is 6.96. The van der Waals surface area contributed by atoms with Crippen LogP contribution in [0.3, 0.4) is 0 Å². The lowest BCUT2D eigenvalue weighted by molar-refractivity contribution is -0.122. The summed E-state index contributed by atoms with van der Waals surface area (Å²) in [5.41, 5.74) is 5.11. The number of ether oxygens (including phenoxy) is 4. The van der Waals surface area contributed by atoms with Crippen molar-refractivity contribution in [3.8, 4) is 0 Å². The Balaban J connectivity index is 1.59.